The molecule has 2 heterocycles. The van der Waals surface area contributed by atoms with E-state index in [0.717, 1.165) is 67.5 Å². The van der Waals surface area contributed by atoms with Crippen molar-refractivity contribution in [2.24, 2.45) is 10.9 Å². The fourth-order valence-corrected chi connectivity index (χ4v) is 5.30. The molecule has 1 unspecified atom stereocenters. The highest BCUT2D eigenvalue weighted by Crippen LogP contribution is 2.28. The van der Waals surface area contributed by atoms with Crippen molar-refractivity contribution in [3.63, 3.8) is 0 Å². The lowest BCUT2D eigenvalue weighted by Gasteiger charge is -2.21. The molecule has 2 N–H and O–H groups in total. The summed E-state index contributed by atoms with van der Waals surface area (Å²) in [5, 5.41) is 10.1. The van der Waals surface area contributed by atoms with Crippen molar-refractivity contribution in [2.75, 3.05) is 26.2 Å². The molecule has 1 saturated carbocycles. The van der Waals surface area contributed by atoms with E-state index in [2.05, 4.69) is 40.0 Å². The third-order valence-electron chi connectivity index (χ3n) is 6.10. The van der Waals surface area contributed by atoms with Crippen molar-refractivity contribution < 1.29 is 4.79 Å². The number of guanidine groups is 1. The maximum atomic E-state index is 12.7. The van der Waals surface area contributed by atoms with Gasteiger partial charge in [0.15, 0.2) is 5.96 Å². The van der Waals surface area contributed by atoms with Crippen LogP contribution in [0.3, 0.4) is 0 Å². The number of amides is 1. The van der Waals surface area contributed by atoms with Crippen LogP contribution < -0.4 is 10.6 Å². The van der Waals surface area contributed by atoms with E-state index in [4.69, 9.17) is 9.98 Å². The Bertz CT molecular complexity index is 875. The maximum absolute atomic E-state index is 12.7. The molecule has 2 aliphatic rings. The first-order valence-corrected chi connectivity index (χ1v) is 12.4. The second-order valence-corrected chi connectivity index (χ2v) is 9.27. The Labute approximate surface area is 189 Å². The van der Waals surface area contributed by atoms with Crippen LogP contribution in [0.2, 0.25) is 0 Å². The molecular formula is C24H33N5OS. The first-order valence-electron chi connectivity index (χ1n) is 11.6. The summed E-state index contributed by atoms with van der Waals surface area (Å²) in [4.78, 5) is 24.3. The van der Waals surface area contributed by atoms with Gasteiger partial charge in [-0.25, -0.2) is 4.98 Å². The van der Waals surface area contributed by atoms with Gasteiger partial charge in [-0.3, -0.25) is 9.79 Å². The van der Waals surface area contributed by atoms with Crippen LogP contribution in [0.4, 0.5) is 0 Å². The Hall–Kier alpha value is -2.41. The number of hydrogen-bond acceptors (Lipinski definition) is 4. The molecule has 0 radical (unpaired) electrons. The molecule has 2 aromatic rings. The fourth-order valence-electron chi connectivity index (χ4n) is 4.44. The predicted molar refractivity (Wildman–Crippen MR) is 127 cm³/mol. The van der Waals surface area contributed by atoms with Crippen LogP contribution in [0, 0.1) is 5.92 Å². The Morgan fingerprint density at radius 2 is 2.03 bits per heavy atom. The monoisotopic (exact) mass is 439 g/mol. The number of benzene rings is 1. The molecule has 1 saturated heterocycles. The molecule has 1 amide bonds. The predicted octanol–water partition coefficient (Wildman–Crippen LogP) is 3.70. The summed E-state index contributed by atoms with van der Waals surface area (Å²) in [6.45, 7) is 5.22. The van der Waals surface area contributed by atoms with Gasteiger partial charge >= 0.3 is 0 Å². The summed E-state index contributed by atoms with van der Waals surface area (Å²) < 4.78 is 0. The van der Waals surface area contributed by atoms with Gasteiger partial charge in [-0.2, -0.15) is 0 Å². The van der Waals surface area contributed by atoms with Crippen LogP contribution in [0.25, 0.3) is 10.6 Å². The fraction of sp³-hybridized carbons (Fsp3) is 0.542. The molecule has 1 aliphatic carbocycles. The molecule has 1 aromatic heterocycles. The third kappa shape index (κ3) is 5.85. The largest absolute Gasteiger partial charge is 0.357 e. The number of aliphatic imine (C=N–C) groups is 1. The minimum atomic E-state index is 0.263. The van der Waals surface area contributed by atoms with Crippen LogP contribution in [0.5, 0.6) is 0 Å². The van der Waals surface area contributed by atoms with Crippen molar-refractivity contribution in [1.29, 1.82) is 0 Å². The van der Waals surface area contributed by atoms with E-state index >= 15 is 0 Å². The SMILES string of the molecule is CCNC(=NCCc1csc(-c2ccccc2)n1)NC1CCN(C(=O)C2CCCC2)C1. The van der Waals surface area contributed by atoms with Gasteiger partial charge in [0.2, 0.25) is 5.91 Å². The summed E-state index contributed by atoms with van der Waals surface area (Å²) in [6, 6.07) is 10.6. The first kappa shape index (κ1) is 21.8. The highest BCUT2D eigenvalue weighted by atomic mass is 32.1. The molecule has 0 spiro atoms. The van der Waals surface area contributed by atoms with Crippen LogP contribution in [-0.4, -0.2) is 54.0 Å². The minimum Gasteiger partial charge on any atom is -0.357 e. The molecule has 0 bridgehead atoms. The molecule has 4 rings (SSSR count). The molecular weight excluding hydrogens is 406 g/mol. The van der Waals surface area contributed by atoms with Gasteiger partial charge in [-0.1, -0.05) is 43.2 Å². The Morgan fingerprint density at radius 1 is 1.23 bits per heavy atom. The topological polar surface area (TPSA) is 69.6 Å². The lowest BCUT2D eigenvalue weighted by molar-refractivity contribution is -0.134. The average Bonchev–Trinajstić information content (AvgIpc) is 3.56. The second kappa shape index (κ2) is 10.8. The first-order chi connectivity index (χ1) is 15.2. The van der Waals surface area contributed by atoms with E-state index < -0.39 is 0 Å². The van der Waals surface area contributed by atoms with Gasteiger partial charge in [0.05, 0.1) is 5.69 Å². The van der Waals surface area contributed by atoms with Crippen molar-refractivity contribution in [3.05, 3.63) is 41.4 Å². The third-order valence-corrected chi connectivity index (χ3v) is 7.04. The molecule has 2 fully saturated rings. The normalized spacial score (nSPS) is 19.7. The van der Waals surface area contributed by atoms with Crippen LogP contribution in [0.15, 0.2) is 40.7 Å². The molecule has 6 nitrogen and oxygen atoms in total. The molecule has 1 atom stereocenters. The maximum Gasteiger partial charge on any atom is 0.225 e. The summed E-state index contributed by atoms with van der Waals surface area (Å²) in [6.07, 6.45) is 6.34. The van der Waals surface area contributed by atoms with Gasteiger partial charge < -0.3 is 15.5 Å². The van der Waals surface area contributed by atoms with E-state index in [-0.39, 0.29) is 12.0 Å². The van der Waals surface area contributed by atoms with E-state index in [1.165, 1.54) is 12.8 Å². The average molecular weight is 440 g/mol. The van der Waals surface area contributed by atoms with Crippen molar-refractivity contribution in [1.82, 2.24) is 20.5 Å². The lowest BCUT2D eigenvalue weighted by atomic mass is 10.1. The number of aromatic nitrogens is 1. The number of carbonyl (C=O) groups excluding carboxylic acids is 1. The highest BCUT2D eigenvalue weighted by molar-refractivity contribution is 7.13. The number of nitrogens with one attached hydrogen (secondary N) is 2. The van der Waals surface area contributed by atoms with Crippen LogP contribution in [-0.2, 0) is 11.2 Å². The quantitative estimate of drug-likeness (QED) is 0.510. The van der Waals surface area contributed by atoms with Gasteiger partial charge in [0.25, 0.3) is 0 Å². The second-order valence-electron chi connectivity index (χ2n) is 8.42. The van der Waals surface area contributed by atoms with E-state index in [9.17, 15) is 4.79 Å². The number of thiazole rings is 1. The van der Waals surface area contributed by atoms with Crippen molar-refractivity contribution in [2.45, 2.75) is 51.5 Å². The number of hydrogen-bond donors (Lipinski definition) is 2. The number of nitrogens with zero attached hydrogens (tertiary/aromatic N) is 3. The summed E-state index contributed by atoms with van der Waals surface area (Å²) in [7, 11) is 0. The molecule has 1 aliphatic heterocycles. The molecule has 1 aromatic carbocycles. The molecule has 166 valence electrons. The zero-order valence-electron chi connectivity index (χ0n) is 18.3. The smallest absolute Gasteiger partial charge is 0.225 e. The van der Waals surface area contributed by atoms with Gasteiger partial charge in [-0.05, 0) is 26.2 Å². The standard InChI is InChI=1S/C24H33N5OS/c1-2-25-24(28-20-13-15-29(16-20)23(30)19-10-6-7-11-19)26-14-12-21-17-31-22(27-21)18-8-4-3-5-9-18/h3-5,8-9,17,19-20H,2,6-7,10-16H2,1H3,(H2,25,26,28). The number of carbonyl (C=O) groups is 1. The zero-order valence-corrected chi connectivity index (χ0v) is 19.2. The van der Waals surface area contributed by atoms with Crippen molar-refractivity contribution in [3.8, 4) is 10.6 Å². The Balaban J connectivity index is 1.28. The summed E-state index contributed by atoms with van der Waals surface area (Å²) in [5.41, 5.74) is 2.24. The zero-order chi connectivity index (χ0) is 21.5. The van der Waals surface area contributed by atoms with Gasteiger partial charge in [0, 0.05) is 55.5 Å². The number of rotatable bonds is 7. The van der Waals surface area contributed by atoms with Gasteiger partial charge in [-0.15, -0.1) is 11.3 Å². The minimum absolute atomic E-state index is 0.263. The van der Waals surface area contributed by atoms with Crippen LogP contribution >= 0.6 is 11.3 Å². The van der Waals surface area contributed by atoms with E-state index in [1.807, 2.05) is 18.2 Å². The Kier molecular flexibility index (Phi) is 7.57. The van der Waals surface area contributed by atoms with Crippen LogP contribution in [0.1, 0.15) is 44.7 Å². The molecule has 7 heteroatoms. The van der Waals surface area contributed by atoms with E-state index in [1.54, 1.807) is 11.3 Å². The lowest BCUT2D eigenvalue weighted by Crippen LogP contribution is -2.45. The van der Waals surface area contributed by atoms with Gasteiger partial charge in [0.1, 0.15) is 5.01 Å². The summed E-state index contributed by atoms with van der Waals surface area (Å²) in [5.74, 6) is 1.46. The summed E-state index contributed by atoms with van der Waals surface area (Å²) >= 11 is 1.68. The highest BCUT2D eigenvalue weighted by Gasteiger charge is 2.32. The molecule has 31 heavy (non-hydrogen) atoms. The van der Waals surface area contributed by atoms with Crippen molar-refractivity contribution >= 4 is 23.2 Å². The number of likely N-dealkylation sites (tertiary alicyclic amines) is 1. The van der Waals surface area contributed by atoms with E-state index in [0.29, 0.717) is 12.5 Å². The Morgan fingerprint density at radius 3 is 2.81 bits per heavy atom.